The molecule has 1 aliphatic heterocycles. The second kappa shape index (κ2) is 3.55. The fourth-order valence-corrected chi connectivity index (χ4v) is 1.97. The quantitative estimate of drug-likeness (QED) is 0.771. The van der Waals surface area contributed by atoms with E-state index in [1.54, 1.807) is 0 Å². The number of carbonyl (C=O) groups is 2. The minimum absolute atomic E-state index is 0.130. The third kappa shape index (κ3) is 1.59. The lowest BCUT2D eigenvalue weighted by molar-refractivity contribution is -0.123. The maximum atomic E-state index is 13.6. The second-order valence-electron chi connectivity index (χ2n) is 3.66. The van der Waals surface area contributed by atoms with Crippen molar-refractivity contribution in [3.8, 4) is 0 Å². The Balaban J connectivity index is 2.55. The Morgan fingerprint density at radius 3 is 2.62 bits per heavy atom. The Hall–Kier alpha value is -1.43. The lowest BCUT2D eigenvalue weighted by atomic mass is 9.92. The van der Waals surface area contributed by atoms with Gasteiger partial charge in [0.05, 0.1) is 0 Å². The van der Waals surface area contributed by atoms with Crippen LogP contribution in [0.25, 0.3) is 0 Å². The molecule has 0 spiro atoms. The highest BCUT2D eigenvalue weighted by Gasteiger charge is 2.45. The molecule has 2 rings (SSSR count). The number of halogens is 2. The summed E-state index contributed by atoms with van der Waals surface area (Å²) in [5.41, 5.74) is -1.23. The van der Waals surface area contributed by atoms with E-state index < -0.39 is 23.3 Å². The molecule has 1 fully saturated rings. The van der Waals surface area contributed by atoms with Crippen LogP contribution in [0.1, 0.15) is 12.5 Å². The molecule has 1 atom stereocenters. The average Bonchev–Trinajstić information content (AvgIpc) is 2.46. The number of rotatable bonds is 1. The largest absolute Gasteiger partial charge is 0.322 e. The predicted molar refractivity (Wildman–Crippen MR) is 58.1 cm³/mol. The van der Waals surface area contributed by atoms with Gasteiger partial charge in [-0.1, -0.05) is 15.9 Å². The molecular weight excluding hydrogens is 279 g/mol. The molecule has 16 heavy (non-hydrogen) atoms. The summed E-state index contributed by atoms with van der Waals surface area (Å²) in [4.78, 5) is 22.7. The maximum Gasteiger partial charge on any atom is 0.322 e. The zero-order valence-corrected chi connectivity index (χ0v) is 9.89. The van der Waals surface area contributed by atoms with Crippen LogP contribution in [0.2, 0.25) is 0 Å². The van der Waals surface area contributed by atoms with Crippen molar-refractivity contribution in [1.82, 2.24) is 10.6 Å². The van der Waals surface area contributed by atoms with Crippen molar-refractivity contribution in [2.45, 2.75) is 12.5 Å². The Morgan fingerprint density at radius 1 is 1.38 bits per heavy atom. The summed E-state index contributed by atoms with van der Waals surface area (Å²) < 4.78 is 14.3. The topological polar surface area (TPSA) is 58.2 Å². The Bertz CT molecular complexity index is 492. The van der Waals surface area contributed by atoms with Gasteiger partial charge in [-0.3, -0.25) is 10.1 Å². The van der Waals surface area contributed by atoms with Crippen molar-refractivity contribution in [2.75, 3.05) is 0 Å². The van der Waals surface area contributed by atoms with Gasteiger partial charge in [0.2, 0.25) is 0 Å². The van der Waals surface area contributed by atoms with Crippen LogP contribution < -0.4 is 10.6 Å². The fraction of sp³-hybridized carbons (Fsp3) is 0.200. The number of imide groups is 1. The van der Waals surface area contributed by atoms with Crippen molar-refractivity contribution >= 4 is 27.9 Å². The summed E-state index contributed by atoms with van der Waals surface area (Å²) in [7, 11) is 0. The molecule has 0 bridgehead atoms. The van der Waals surface area contributed by atoms with E-state index in [0.717, 1.165) is 0 Å². The van der Waals surface area contributed by atoms with Crippen LogP contribution in [0, 0.1) is 5.82 Å². The SMILES string of the molecule is C[C@@]1(c2cc(Br)ccc2F)NC(=O)NC1=O. The molecular formula is C10H8BrFN2O2. The van der Waals surface area contributed by atoms with Crippen molar-refractivity contribution in [3.05, 3.63) is 34.1 Å². The molecule has 0 aliphatic carbocycles. The van der Waals surface area contributed by atoms with Gasteiger partial charge in [0, 0.05) is 10.0 Å². The first-order chi connectivity index (χ1) is 7.43. The summed E-state index contributed by atoms with van der Waals surface area (Å²) >= 11 is 3.19. The highest BCUT2D eigenvalue weighted by atomic mass is 79.9. The van der Waals surface area contributed by atoms with Gasteiger partial charge in [-0.2, -0.15) is 0 Å². The van der Waals surface area contributed by atoms with Crippen LogP contribution in [0.15, 0.2) is 22.7 Å². The summed E-state index contributed by atoms with van der Waals surface area (Å²) in [6.45, 7) is 1.46. The molecule has 0 saturated carbocycles. The van der Waals surface area contributed by atoms with Crippen molar-refractivity contribution < 1.29 is 14.0 Å². The van der Waals surface area contributed by atoms with Gasteiger partial charge in [-0.15, -0.1) is 0 Å². The van der Waals surface area contributed by atoms with E-state index in [2.05, 4.69) is 26.6 Å². The summed E-state index contributed by atoms with van der Waals surface area (Å²) in [6, 6.07) is 3.62. The highest BCUT2D eigenvalue weighted by molar-refractivity contribution is 9.10. The third-order valence-corrected chi connectivity index (χ3v) is 3.01. The Morgan fingerprint density at radius 2 is 2.06 bits per heavy atom. The zero-order valence-electron chi connectivity index (χ0n) is 8.30. The van der Waals surface area contributed by atoms with Gasteiger partial charge >= 0.3 is 6.03 Å². The molecule has 0 radical (unpaired) electrons. The molecule has 1 heterocycles. The van der Waals surface area contributed by atoms with Gasteiger partial charge in [0.1, 0.15) is 11.4 Å². The molecule has 3 amide bonds. The molecule has 1 aliphatic rings. The standard InChI is InChI=1S/C10H8BrFN2O2/c1-10(8(15)13-9(16)14-10)6-4-5(11)2-3-7(6)12/h2-4H,1H3,(H2,13,14,15,16)/t10-/m0/s1. The van der Waals surface area contributed by atoms with E-state index in [0.29, 0.717) is 4.47 Å². The lowest BCUT2D eigenvalue weighted by Crippen LogP contribution is -2.41. The molecule has 1 aromatic carbocycles. The van der Waals surface area contributed by atoms with Gasteiger partial charge in [0.25, 0.3) is 5.91 Å². The molecule has 1 aromatic rings. The minimum atomic E-state index is -1.36. The first-order valence-electron chi connectivity index (χ1n) is 4.52. The number of carbonyl (C=O) groups excluding carboxylic acids is 2. The zero-order chi connectivity index (χ0) is 11.9. The van der Waals surface area contributed by atoms with Crippen molar-refractivity contribution in [1.29, 1.82) is 0 Å². The molecule has 2 N–H and O–H groups in total. The van der Waals surface area contributed by atoms with Crippen LogP contribution in [0.4, 0.5) is 9.18 Å². The fourth-order valence-electron chi connectivity index (χ4n) is 1.61. The molecule has 6 heteroatoms. The van der Waals surface area contributed by atoms with Crippen molar-refractivity contribution in [3.63, 3.8) is 0 Å². The maximum absolute atomic E-state index is 13.6. The van der Waals surface area contributed by atoms with Crippen molar-refractivity contribution in [2.24, 2.45) is 0 Å². The smallest absolute Gasteiger partial charge is 0.319 e. The monoisotopic (exact) mass is 286 g/mol. The van der Waals surface area contributed by atoms with Gasteiger partial charge in [-0.05, 0) is 25.1 Å². The normalized spacial score (nSPS) is 24.2. The summed E-state index contributed by atoms with van der Waals surface area (Å²) in [5, 5.41) is 4.49. The number of benzene rings is 1. The number of hydrogen-bond acceptors (Lipinski definition) is 2. The van der Waals surface area contributed by atoms with E-state index >= 15 is 0 Å². The Labute approximate surface area is 99.3 Å². The van der Waals surface area contributed by atoms with Crippen LogP contribution in [0.3, 0.4) is 0 Å². The second-order valence-corrected chi connectivity index (χ2v) is 4.57. The van der Waals surface area contributed by atoms with E-state index in [1.165, 1.54) is 25.1 Å². The minimum Gasteiger partial charge on any atom is -0.319 e. The predicted octanol–water partition coefficient (Wildman–Crippen LogP) is 1.64. The van der Waals surface area contributed by atoms with Gasteiger partial charge in [-0.25, -0.2) is 9.18 Å². The van der Waals surface area contributed by atoms with Crippen LogP contribution in [-0.4, -0.2) is 11.9 Å². The molecule has 0 unspecified atom stereocenters. The number of nitrogens with one attached hydrogen (secondary N) is 2. The Kier molecular flexibility index (Phi) is 2.46. The van der Waals surface area contributed by atoms with Crippen LogP contribution >= 0.6 is 15.9 Å². The molecule has 1 saturated heterocycles. The van der Waals surface area contributed by atoms with Gasteiger partial charge < -0.3 is 5.32 Å². The van der Waals surface area contributed by atoms with E-state index in [4.69, 9.17) is 0 Å². The molecule has 4 nitrogen and oxygen atoms in total. The third-order valence-electron chi connectivity index (χ3n) is 2.51. The summed E-state index contributed by atoms with van der Waals surface area (Å²) in [5.74, 6) is -1.10. The molecule has 0 aromatic heterocycles. The number of hydrogen-bond donors (Lipinski definition) is 2. The first kappa shape index (κ1) is 11.1. The first-order valence-corrected chi connectivity index (χ1v) is 5.32. The highest BCUT2D eigenvalue weighted by Crippen LogP contribution is 2.28. The number of urea groups is 1. The average molecular weight is 287 g/mol. The summed E-state index contributed by atoms with van der Waals surface area (Å²) in [6.07, 6.45) is 0. The number of amides is 3. The van der Waals surface area contributed by atoms with E-state index in [-0.39, 0.29) is 5.56 Å². The van der Waals surface area contributed by atoms with E-state index in [9.17, 15) is 14.0 Å². The van der Waals surface area contributed by atoms with E-state index in [1.807, 2.05) is 0 Å². The van der Waals surface area contributed by atoms with Crippen LogP contribution in [-0.2, 0) is 10.3 Å². The molecule has 84 valence electrons. The van der Waals surface area contributed by atoms with Crippen LogP contribution in [0.5, 0.6) is 0 Å². The lowest BCUT2D eigenvalue weighted by Gasteiger charge is -2.21. The van der Waals surface area contributed by atoms with Gasteiger partial charge in [0.15, 0.2) is 0 Å².